The van der Waals surface area contributed by atoms with Gasteiger partial charge in [-0.1, -0.05) is 0 Å². The highest BCUT2D eigenvalue weighted by molar-refractivity contribution is 5.84. The van der Waals surface area contributed by atoms with Crippen molar-refractivity contribution in [2.45, 2.75) is 0 Å². The van der Waals surface area contributed by atoms with Crippen LogP contribution in [0.5, 0.6) is 0 Å². The van der Waals surface area contributed by atoms with Crippen molar-refractivity contribution in [3.05, 3.63) is 48.4 Å². The molecule has 0 spiro atoms. The van der Waals surface area contributed by atoms with Crippen LogP contribution in [0.3, 0.4) is 0 Å². The number of nitrogens with zero attached hydrogens (tertiary/aromatic N) is 2. The Kier molecular flexibility index (Phi) is 3.52. The van der Waals surface area contributed by atoms with E-state index in [4.69, 9.17) is 0 Å². The quantitative estimate of drug-likeness (QED) is 0.616. The zero-order valence-electron chi connectivity index (χ0n) is 9.71. The minimum absolute atomic E-state index is 0.288. The van der Waals surface area contributed by atoms with Gasteiger partial charge < -0.3 is 4.74 Å². The van der Waals surface area contributed by atoms with E-state index in [1.54, 1.807) is 24.4 Å². The largest absolute Gasteiger partial charge is 0.466 e. The van der Waals surface area contributed by atoms with Gasteiger partial charge in [0.25, 0.3) is 0 Å². The first-order valence-corrected chi connectivity index (χ1v) is 5.26. The monoisotopic (exact) mass is 246 g/mol. The van der Waals surface area contributed by atoms with Crippen molar-refractivity contribution >= 4 is 12.2 Å². The molecule has 2 aromatic rings. The van der Waals surface area contributed by atoms with E-state index in [0.717, 1.165) is 5.56 Å². The Bertz CT molecular complexity index is 573. The van der Waals surface area contributed by atoms with Gasteiger partial charge in [-0.15, -0.1) is 0 Å². The summed E-state index contributed by atoms with van der Waals surface area (Å²) in [7, 11) is 1.31. The number of benzene rings is 1. The Morgan fingerprint density at radius 1 is 1.33 bits per heavy atom. The van der Waals surface area contributed by atoms with Crippen LogP contribution in [0.15, 0.2) is 42.6 Å². The maximum Gasteiger partial charge on any atom is 0.332 e. The summed E-state index contributed by atoms with van der Waals surface area (Å²) in [6, 6.07) is 7.81. The van der Waals surface area contributed by atoms with Crippen molar-refractivity contribution in [1.29, 1.82) is 0 Å². The molecule has 1 aromatic carbocycles. The third-order valence-electron chi connectivity index (χ3n) is 2.31. The van der Waals surface area contributed by atoms with Crippen molar-refractivity contribution in [3.63, 3.8) is 0 Å². The van der Waals surface area contributed by atoms with Crippen molar-refractivity contribution < 1.29 is 13.9 Å². The number of rotatable bonds is 3. The van der Waals surface area contributed by atoms with E-state index < -0.39 is 5.97 Å². The van der Waals surface area contributed by atoms with Gasteiger partial charge in [0.1, 0.15) is 5.82 Å². The summed E-state index contributed by atoms with van der Waals surface area (Å²) < 4.78 is 18.7. The van der Waals surface area contributed by atoms with Crippen molar-refractivity contribution in [2.24, 2.45) is 0 Å². The van der Waals surface area contributed by atoms with Crippen LogP contribution >= 0.6 is 0 Å². The number of carbonyl (C=O) groups excluding carboxylic acids is 1. The zero-order valence-corrected chi connectivity index (χ0v) is 9.71. The molecule has 0 atom stereocenters. The van der Waals surface area contributed by atoms with Gasteiger partial charge in [-0.05, 0) is 30.3 Å². The Hall–Kier alpha value is -2.43. The minimum Gasteiger partial charge on any atom is -0.466 e. The van der Waals surface area contributed by atoms with Crippen molar-refractivity contribution in [3.8, 4) is 11.3 Å². The molecule has 0 aliphatic heterocycles. The lowest BCUT2D eigenvalue weighted by Crippen LogP contribution is -1.96. The van der Waals surface area contributed by atoms with Crippen molar-refractivity contribution in [1.82, 2.24) is 9.78 Å². The molecule has 0 saturated carbocycles. The molecular formula is C13H11FN2O2. The van der Waals surface area contributed by atoms with Crippen LogP contribution in [0.25, 0.3) is 17.5 Å². The van der Waals surface area contributed by atoms with Crippen molar-refractivity contribution in [2.75, 3.05) is 7.11 Å². The average Bonchev–Trinajstić information content (AvgIpc) is 2.85. The number of carbonyl (C=O) groups is 1. The second-order valence-electron chi connectivity index (χ2n) is 3.53. The fourth-order valence-electron chi connectivity index (χ4n) is 1.40. The summed E-state index contributed by atoms with van der Waals surface area (Å²) in [4.78, 5) is 10.9. The highest BCUT2D eigenvalue weighted by atomic mass is 19.1. The fourth-order valence-corrected chi connectivity index (χ4v) is 1.40. The average molecular weight is 246 g/mol. The molecule has 0 N–H and O–H groups in total. The molecule has 92 valence electrons. The van der Waals surface area contributed by atoms with E-state index in [2.05, 4.69) is 9.84 Å². The Morgan fingerprint density at radius 3 is 2.72 bits per heavy atom. The molecule has 0 bridgehead atoms. The Balaban J connectivity index is 2.18. The first kappa shape index (κ1) is 12.0. The minimum atomic E-state index is -0.450. The number of halogens is 1. The summed E-state index contributed by atoms with van der Waals surface area (Å²) in [5.41, 5.74) is 1.51. The number of aromatic nitrogens is 2. The molecule has 4 nitrogen and oxygen atoms in total. The normalized spacial score (nSPS) is 10.8. The van der Waals surface area contributed by atoms with Crippen LogP contribution in [0, 0.1) is 5.82 Å². The predicted molar refractivity (Wildman–Crippen MR) is 65.0 cm³/mol. The Morgan fingerprint density at radius 2 is 2.06 bits per heavy atom. The number of esters is 1. The van der Waals surface area contributed by atoms with Gasteiger partial charge in [-0.3, -0.25) is 0 Å². The van der Waals surface area contributed by atoms with E-state index in [9.17, 15) is 9.18 Å². The van der Waals surface area contributed by atoms with Gasteiger partial charge in [0.15, 0.2) is 0 Å². The molecule has 1 heterocycles. The first-order valence-electron chi connectivity index (χ1n) is 5.26. The molecule has 18 heavy (non-hydrogen) atoms. The van der Waals surface area contributed by atoms with Gasteiger partial charge in [0, 0.05) is 24.0 Å². The van der Waals surface area contributed by atoms with Gasteiger partial charge in [-0.25, -0.2) is 13.9 Å². The molecule has 1 aromatic heterocycles. The maximum atomic E-state index is 12.8. The molecule has 0 radical (unpaired) electrons. The van der Waals surface area contributed by atoms with E-state index in [0.29, 0.717) is 5.69 Å². The summed E-state index contributed by atoms with van der Waals surface area (Å²) in [6.45, 7) is 0. The summed E-state index contributed by atoms with van der Waals surface area (Å²) >= 11 is 0. The molecule has 0 amide bonds. The molecule has 2 rings (SSSR count). The second kappa shape index (κ2) is 5.27. The highest BCUT2D eigenvalue weighted by Gasteiger charge is 2.01. The van der Waals surface area contributed by atoms with Crippen LogP contribution < -0.4 is 0 Å². The predicted octanol–water partition coefficient (Wildman–Crippen LogP) is 2.33. The summed E-state index contributed by atoms with van der Waals surface area (Å²) in [6.07, 6.45) is 4.44. The van der Waals surface area contributed by atoms with E-state index in [1.165, 1.54) is 36.2 Å². The van der Waals surface area contributed by atoms with Crippen LogP contribution in [-0.2, 0) is 9.53 Å². The number of ether oxygens (including phenoxy) is 1. The number of hydrogen-bond donors (Lipinski definition) is 0. The maximum absolute atomic E-state index is 12.8. The summed E-state index contributed by atoms with van der Waals surface area (Å²) in [5, 5.41) is 4.22. The molecular weight excluding hydrogens is 235 g/mol. The third-order valence-corrected chi connectivity index (χ3v) is 2.31. The lowest BCUT2D eigenvalue weighted by Gasteiger charge is -1.95. The zero-order chi connectivity index (χ0) is 13.0. The summed E-state index contributed by atoms with van der Waals surface area (Å²) in [5.74, 6) is -0.738. The highest BCUT2D eigenvalue weighted by Crippen LogP contribution is 2.17. The molecule has 5 heteroatoms. The van der Waals surface area contributed by atoms with E-state index in [1.807, 2.05) is 0 Å². The molecule has 0 fully saturated rings. The standard InChI is InChI=1S/C13H11FN2O2/c1-18-13(17)7-9-16-8-6-12(15-16)10-2-4-11(14)5-3-10/h2-9H,1H3/b9-7-. The topological polar surface area (TPSA) is 44.1 Å². The van der Waals surface area contributed by atoms with Crippen LogP contribution in [0.2, 0.25) is 0 Å². The van der Waals surface area contributed by atoms with Crippen LogP contribution in [-0.4, -0.2) is 22.9 Å². The molecule has 0 unspecified atom stereocenters. The van der Waals surface area contributed by atoms with Gasteiger partial charge in [-0.2, -0.15) is 5.10 Å². The van der Waals surface area contributed by atoms with E-state index in [-0.39, 0.29) is 5.82 Å². The number of hydrogen-bond acceptors (Lipinski definition) is 3. The molecule has 0 saturated heterocycles. The fraction of sp³-hybridized carbons (Fsp3) is 0.0769. The SMILES string of the molecule is COC(=O)/C=C\n1ccc(-c2ccc(F)cc2)n1. The first-order chi connectivity index (χ1) is 8.69. The number of methoxy groups -OCH3 is 1. The molecule has 0 aliphatic carbocycles. The Labute approximate surface area is 103 Å². The van der Waals surface area contributed by atoms with Gasteiger partial charge in [0.05, 0.1) is 12.8 Å². The van der Waals surface area contributed by atoms with Gasteiger partial charge in [0.2, 0.25) is 0 Å². The van der Waals surface area contributed by atoms with Crippen LogP contribution in [0.1, 0.15) is 0 Å². The smallest absolute Gasteiger partial charge is 0.332 e. The lowest BCUT2D eigenvalue weighted by molar-refractivity contribution is -0.134. The lowest BCUT2D eigenvalue weighted by atomic mass is 10.1. The third kappa shape index (κ3) is 2.82. The van der Waals surface area contributed by atoms with Gasteiger partial charge >= 0.3 is 5.97 Å². The van der Waals surface area contributed by atoms with Crippen LogP contribution in [0.4, 0.5) is 4.39 Å². The second-order valence-corrected chi connectivity index (χ2v) is 3.53. The van der Waals surface area contributed by atoms with E-state index >= 15 is 0 Å². The molecule has 0 aliphatic rings.